The van der Waals surface area contributed by atoms with Gasteiger partial charge in [0.1, 0.15) is 4.88 Å². The lowest BCUT2D eigenvalue weighted by molar-refractivity contribution is -0.128. The van der Waals surface area contributed by atoms with Crippen molar-refractivity contribution in [2.75, 3.05) is 6.54 Å². The number of carboxylic acid groups (broad SMARTS) is 1. The zero-order chi connectivity index (χ0) is 19.8. The summed E-state index contributed by atoms with van der Waals surface area (Å²) in [7, 11) is 0. The van der Waals surface area contributed by atoms with Crippen molar-refractivity contribution in [1.82, 2.24) is 4.90 Å². The lowest BCUT2D eigenvalue weighted by atomic mass is 10.00. The first kappa shape index (κ1) is 21.2. The van der Waals surface area contributed by atoms with Gasteiger partial charge in [0.2, 0.25) is 5.91 Å². The molecule has 1 fully saturated rings. The number of aromatic carboxylic acids is 1. The van der Waals surface area contributed by atoms with Gasteiger partial charge in [-0.2, -0.15) is 0 Å². The normalized spacial score (nSPS) is 19.1. The molecule has 0 bridgehead atoms. The van der Waals surface area contributed by atoms with Crippen molar-refractivity contribution < 1.29 is 19.8 Å². The summed E-state index contributed by atoms with van der Waals surface area (Å²) in [4.78, 5) is 26.3. The fourth-order valence-corrected chi connectivity index (χ4v) is 4.00. The van der Waals surface area contributed by atoms with Gasteiger partial charge in [-0.3, -0.25) is 4.79 Å². The number of hydrogen-bond acceptors (Lipinski definition) is 4. The third-order valence-corrected chi connectivity index (χ3v) is 5.92. The average Bonchev–Trinajstić information content (AvgIpc) is 3.25. The highest BCUT2D eigenvalue weighted by Crippen LogP contribution is 2.23. The van der Waals surface area contributed by atoms with Crippen LogP contribution in [0.4, 0.5) is 0 Å². The zero-order valence-electron chi connectivity index (χ0n) is 15.9. The van der Waals surface area contributed by atoms with Gasteiger partial charge in [0.05, 0.1) is 12.1 Å². The molecule has 1 saturated heterocycles. The average molecular weight is 390 g/mol. The number of carbonyl (C=O) groups excluding carboxylic acids is 1. The minimum absolute atomic E-state index is 0.0227. The van der Waals surface area contributed by atoms with Crippen molar-refractivity contribution in [3.63, 3.8) is 0 Å². The topological polar surface area (TPSA) is 77.8 Å². The van der Waals surface area contributed by atoms with Gasteiger partial charge in [0, 0.05) is 24.3 Å². The van der Waals surface area contributed by atoms with Crippen molar-refractivity contribution in [3.8, 4) is 11.8 Å². The van der Waals surface area contributed by atoms with Gasteiger partial charge in [-0.15, -0.1) is 23.2 Å². The molecule has 1 aliphatic rings. The fourth-order valence-electron chi connectivity index (χ4n) is 3.11. The van der Waals surface area contributed by atoms with E-state index < -0.39 is 12.1 Å². The molecular formula is C21H27NO4S. The molecule has 3 atom stereocenters. The predicted molar refractivity (Wildman–Crippen MR) is 107 cm³/mol. The molecule has 2 heterocycles. The third kappa shape index (κ3) is 6.23. The first-order chi connectivity index (χ1) is 12.9. The number of nitrogens with zero attached hydrogens (tertiary/aromatic N) is 1. The van der Waals surface area contributed by atoms with Crippen LogP contribution in [0.1, 0.15) is 54.1 Å². The molecule has 1 aromatic rings. The smallest absolute Gasteiger partial charge is 0.345 e. The number of carbonyl (C=O) groups is 2. The molecule has 5 nitrogen and oxygen atoms in total. The van der Waals surface area contributed by atoms with Crippen LogP contribution in [0.3, 0.4) is 0 Å². The molecule has 2 rings (SSSR count). The van der Waals surface area contributed by atoms with E-state index in [0.29, 0.717) is 24.3 Å². The number of aliphatic hydroxyl groups is 1. The van der Waals surface area contributed by atoms with Gasteiger partial charge >= 0.3 is 5.97 Å². The molecule has 6 heteroatoms. The highest BCUT2D eigenvalue weighted by atomic mass is 32.1. The van der Waals surface area contributed by atoms with E-state index in [1.165, 1.54) is 11.3 Å². The molecular weight excluding hydrogens is 362 g/mol. The summed E-state index contributed by atoms with van der Waals surface area (Å²) in [5, 5.41) is 19.2. The second kappa shape index (κ2) is 10.3. The lowest BCUT2D eigenvalue weighted by Gasteiger charge is -2.23. The number of carboxylic acids is 1. The number of amides is 1. The molecule has 1 amide bonds. The molecule has 1 aliphatic heterocycles. The maximum Gasteiger partial charge on any atom is 0.345 e. The van der Waals surface area contributed by atoms with Crippen LogP contribution in [0, 0.1) is 17.8 Å². The minimum Gasteiger partial charge on any atom is -0.477 e. The summed E-state index contributed by atoms with van der Waals surface area (Å²) in [6.45, 7) is 4.39. The second-order valence-electron chi connectivity index (χ2n) is 6.85. The summed E-state index contributed by atoms with van der Waals surface area (Å²) in [5.74, 6) is 5.12. The van der Waals surface area contributed by atoms with E-state index in [1.807, 2.05) is 24.0 Å². The Morgan fingerprint density at radius 3 is 2.93 bits per heavy atom. The van der Waals surface area contributed by atoms with Crippen LogP contribution in [-0.4, -0.2) is 45.7 Å². The zero-order valence-corrected chi connectivity index (χ0v) is 16.7. The molecule has 2 N–H and O–H groups in total. The maximum atomic E-state index is 12.2. The second-order valence-corrected chi connectivity index (χ2v) is 8.02. The number of rotatable bonds is 9. The Labute approximate surface area is 164 Å². The number of aryl methyl sites for hydroxylation is 1. The van der Waals surface area contributed by atoms with Crippen LogP contribution < -0.4 is 0 Å². The number of thiophene rings is 1. The standard InChI is InChI=1S/C21H27NO4S/c1-3-4-6-15(2)18(23)11-8-16-9-13-20(24)22(16)14-5-7-17-10-12-19(27-17)21(25)26/h8,10-12,15-16,18,23H,5-7,9,13-14H2,1-2H3,(H,25,26)/t15-,16?,18+/m0/s1. The number of hydrogen-bond donors (Lipinski definition) is 2. The fraction of sp³-hybridized carbons (Fsp3) is 0.524. The van der Waals surface area contributed by atoms with Crippen molar-refractivity contribution in [2.45, 2.75) is 58.1 Å². The predicted octanol–water partition coefficient (Wildman–Crippen LogP) is 3.34. The Bertz CT molecular complexity index is 743. The van der Waals surface area contributed by atoms with Crippen LogP contribution in [0.15, 0.2) is 24.3 Å². The Morgan fingerprint density at radius 1 is 1.48 bits per heavy atom. The molecule has 1 unspecified atom stereocenters. The maximum absolute atomic E-state index is 12.2. The molecule has 0 radical (unpaired) electrons. The minimum atomic E-state index is -0.899. The van der Waals surface area contributed by atoms with Crippen molar-refractivity contribution in [3.05, 3.63) is 34.0 Å². The Morgan fingerprint density at radius 2 is 2.26 bits per heavy atom. The molecule has 0 spiro atoms. The van der Waals surface area contributed by atoms with E-state index in [9.17, 15) is 14.7 Å². The lowest BCUT2D eigenvalue weighted by Crippen LogP contribution is -2.33. The summed E-state index contributed by atoms with van der Waals surface area (Å²) in [5.41, 5.74) is 0. The molecule has 0 aliphatic carbocycles. The molecule has 0 aromatic carbocycles. The summed E-state index contributed by atoms with van der Waals surface area (Å²) in [6, 6.07) is 3.49. The van der Waals surface area contributed by atoms with E-state index in [4.69, 9.17) is 5.11 Å². The van der Waals surface area contributed by atoms with Gasteiger partial charge in [-0.05, 0) is 44.2 Å². The first-order valence-electron chi connectivity index (χ1n) is 9.29. The number of aliphatic hydroxyl groups excluding tert-OH is 1. The van der Waals surface area contributed by atoms with Gasteiger partial charge in [-0.25, -0.2) is 4.79 Å². The highest BCUT2D eigenvalue weighted by Gasteiger charge is 2.28. The Balaban J connectivity index is 1.86. The summed E-state index contributed by atoms with van der Waals surface area (Å²) < 4.78 is 0. The third-order valence-electron chi connectivity index (χ3n) is 4.78. The van der Waals surface area contributed by atoms with E-state index in [1.54, 1.807) is 19.1 Å². The summed E-state index contributed by atoms with van der Waals surface area (Å²) >= 11 is 1.29. The van der Waals surface area contributed by atoms with Crippen molar-refractivity contribution in [1.29, 1.82) is 0 Å². The summed E-state index contributed by atoms with van der Waals surface area (Å²) in [6.07, 6.45) is 6.67. The molecule has 146 valence electrons. The SMILES string of the molecule is CC#CC[C@H](C)[C@H](O)C=CC1CCC(=O)N1CCCc1ccc(C(=O)O)s1. The number of likely N-dealkylation sites (tertiary alicyclic amines) is 1. The Kier molecular flexibility index (Phi) is 8.08. The highest BCUT2D eigenvalue weighted by molar-refractivity contribution is 7.13. The van der Waals surface area contributed by atoms with Gasteiger partial charge < -0.3 is 15.1 Å². The van der Waals surface area contributed by atoms with Crippen LogP contribution in [0.5, 0.6) is 0 Å². The first-order valence-corrected chi connectivity index (χ1v) is 10.1. The van der Waals surface area contributed by atoms with Crippen LogP contribution in [0.25, 0.3) is 0 Å². The largest absolute Gasteiger partial charge is 0.477 e. The Hall–Kier alpha value is -2.10. The van der Waals surface area contributed by atoms with E-state index in [2.05, 4.69) is 11.8 Å². The van der Waals surface area contributed by atoms with E-state index >= 15 is 0 Å². The van der Waals surface area contributed by atoms with Gasteiger partial charge in [0.25, 0.3) is 0 Å². The molecule has 1 aromatic heterocycles. The van der Waals surface area contributed by atoms with E-state index in [0.717, 1.165) is 24.1 Å². The molecule has 0 saturated carbocycles. The van der Waals surface area contributed by atoms with Gasteiger partial charge in [-0.1, -0.05) is 19.1 Å². The van der Waals surface area contributed by atoms with Crippen LogP contribution >= 0.6 is 11.3 Å². The van der Waals surface area contributed by atoms with Crippen molar-refractivity contribution in [2.24, 2.45) is 5.92 Å². The van der Waals surface area contributed by atoms with Crippen LogP contribution in [0.2, 0.25) is 0 Å². The van der Waals surface area contributed by atoms with Crippen LogP contribution in [-0.2, 0) is 11.2 Å². The van der Waals surface area contributed by atoms with Crippen molar-refractivity contribution >= 4 is 23.2 Å². The van der Waals surface area contributed by atoms with E-state index in [-0.39, 0.29) is 17.9 Å². The quantitative estimate of drug-likeness (QED) is 0.502. The monoisotopic (exact) mass is 389 g/mol. The molecule has 27 heavy (non-hydrogen) atoms. The van der Waals surface area contributed by atoms with Gasteiger partial charge in [0.15, 0.2) is 0 Å².